The van der Waals surface area contributed by atoms with Crippen molar-refractivity contribution in [3.63, 3.8) is 0 Å². The Morgan fingerprint density at radius 1 is 1.03 bits per heavy atom. The molecule has 4 rings (SSSR count). The summed E-state index contributed by atoms with van der Waals surface area (Å²) in [7, 11) is 0. The van der Waals surface area contributed by atoms with Gasteiger partial charge >= 0.3 is 5.97 Å². The van der Waals surface area contributed by atoms with Gasteiger partial charge < -0.3 is 24.4 Å². The van der Waals surface area contributed by atoms with Crippen molar-refractivity contribution in [1.82, 2.24) is 9.97 Å². The maximum absolute atomic E-state index is 12.1. The van der Waals surface area contributed by atoms with Gasteiger partial charge in [0.15, 0.2) is 0 Å². The lowest BCUT2D eigenvalue weighted by molar-refractivity contribution is -0.149. The summed E-state index contributed by atoms with van der Waals surface area (Å²) in [5.41, 5.74) is 8.21. The molecular weight excluding hydrogens is 458 g/mol. The zero-order chi connectivity index (χ0) is 25.5. The van der Waals surface area contributed by atoms with Crippen LogP contribution in [0.25, 0.3) is 11.5 Å². The molecule has 2 heterocycles. The number of rotatable bonds is 10. The maximum Gasteiger partial charge on any atom is 0.327 e. The van der Waals surface area contributed by atoms with Crippen molar-refractivity contribution in [1.29, 1.82) is 0 Å². The summed E-state index contributed by atoms with van der Waals surface area (Å²) in [5.74, 6) is 2.54. The largest absolute Gasteiger partial charge is 0.493 e. The van der Waals surface area contributed by atoms with Gasteiger partial charge in [-0.15, -0.1) is 0 Å². The monoisotopic (exact) mass is 487 g/mol. The van der Waals surface area contributed by atoms with E-state index in [1.165, 1.54) is 0 Å². The molecule has 0 amide bonds. The summed E-state index contributed by atoms with van der Waals surface area (Å²) in [4.78, 5) is 21.1. The van der Waals surface area contributed by atoms with Gasteiger partial charge in [0.1, 0.15) is 23.3 Å². The van der Waals surface area contributed by atoms with Crippen molar-refractivity contribution >= 4 is 5.97 Å². The highest BCUT2D eigenvalue weighted by molar-refractivity contribution is 5.77. The molecule has 0 spiro atoms. The van der Waals surface area contributed by atoms with E-state index in [1.807, 2.05) is 49.4 Å². The average molecular weight is 488 g/mol. The Morgan fingerprint density at radius 2 is 1.81 bits per heavy atom. The fourth-order valence-corrected chi connectivity index (χ4v) is 3.46. The zero-order valence-electron chi connectivity index (χ0n) is 20.5. The molecule has 8 heteroatoms. The second-order valence-corrected chi connectivity index (χ2v) is 8.46. The lowest BCUT2D eigenvalue weighted by atomic mass is 10.1. The molecule has 2 aromatic heterocycles. The average Bonchev–Trinajstić information content (AvgIpc) is 3.24. The minimum absolute atomic E-state index is 0.227. The Balaban J connectivity index is 1.34. The van der Waals surface area contributed by atoms with E-state index in [0.29, 0.717) is 41.9 Å². The van der Waals surface area contributed by atoms with Crippen LogP contribution < -0.4 is 15.2 Å². The van der Waals surface area contributed by atoms with E-state index in [-0.39, 0.29) is 6.10 Å². The molecule has 2 aromatic carbocycles. The van der Waals surface area contributed by atoms with Crippen molar-refractivity contribution in [2.75, 3.05) is 6.61 Å². The van der Waals surface area contributed by atoms with Crippen LogP contribution in [0.4, 0.5) is 0 Å². The fraction of sp³-hybridized carbons (Fsp3) is 0.250. The number of nitrogens with zero attached hydrogens (tertiary/aromatic N) is 2. The topological polar surface area (TPSA) is 110 Å². The third kappa shape index (κ3) is 6.49. The lowest BCUT2D eigenvalue weighted by Gasteiger charge is -2.15. The third-order valence-corrected chi connectivity index (χ3v) is 5.27. The van der Waals surface area contributed by atoms with Crippen LogP contribution >= 0.6 is 0 Å². The number of nitrogens with two attached hydrogens (primary N) is 1. The van der Waals surface area contributed by atoms with Crippen molar-refractivity contribution < 1.29 is 23.4 Å². The van der Waals surface area contributed by atoms with Crippen molar-refractivity contribution in [2.24, 2.45) is 5.73 Å². The number of ether oxygens (including phenoxy) is 3. The van der Waals surface area contributed by atoms with E-state index in [0.717, 1.165) is 17.0 Å². The number of esters is 1. The Kier molecular flexibility index (Phi) is 7.97. The number of carbonyl (C=O) groups excluding carboxylic acids is 1. The van der Waals surface area contributed by atoms with Gasteiger partial charge in [0.25, 0.3) is 0 Å². The molecule has 8 nitrogen and oxygen atoms in total. The van der Waals surface area contributed by atoms with Gasteiger partial charge in [-0.05, 0) is 56.7 Å². The molecule has 0 aliphatic rings. The van der Waals surface area contributed by atoms with Gasteiger partial charge in [-0.25, -0.2) is 14.8 Å². The molecule has 2 N–H and O–H groups in total. The molecule has 0 aliphatic heterocycles. The van der Waals surface area contributed by atoms with Crippen LogP contribution in [0.2, 0.25) is 0 Å². The van der Waals surface area contributed by atoms with Gasteiger partial charge in [0, 0.05) is 18.7 Å². The summed E-state index contributed by atoms with van der Waals surface area (Å²) in [6, 6.07) is 19.4. The molecule has 1 unspecified atom stereocenters. The predicted molar refractivity (Wildman–Crippen MR) is 135 cm³/mol. The highest BCUT2D eigenvalue weighted by Gasteiger charge is 2.19. The minimum atomic E-state index is -0.866. The number of oxazole rings is 1. The SMILES string of the molecule is Cc1oc(-c2ccc(Oc3ccccc3)nc2)nc1CCOc1cccc(C(N)C(=O)OC(C)C)c1. The van der Waals surface area contributed by atoms with E-state index in [4.69, 9.17) is 24.4 Å². The van der Waals surface area contributed by atoms with Crippen molar-refractivity contribution in [3.8, 4) is 28.8 Å². The predicted octanol–water partition coefficient (Wildman–Crippen LogP) is 5.41. The maximum atomic E-state index is 12.1. The van der Waals surface area contributed by atoms with Gasteiger partial charge in [-0.2, -0.15) is 0 Å². The second kappa shape index (κ2) is 11.5. The molecule has 0 radical (unpaired) electrons. The van der Waals surface area contributed by atoms with Crippen LogP contribution in [0.3, 0.4) is 0 Å². The number of aryl methyl sites for hydroxylation is 1. The fourth-order valence-electron chi connectivity index (χ4n) is 3.46. The molecule has 186 valence electrons. The zero-order valence-corrected chi connectivity index (χ0v) is 20.5. The van der Waals surface area contributed by atoms with E-state index in [1.54, 1.807) is 44.3 Å². The second-order valence-electron chi connectivity index (χ2n) is 8.46. The third-order valence-electron chi connectivity index (χ3n) is 5.27. The molecule has 1 atom stereocenters. The van der Waals surface area contributed by atoms with Crippen LogP contribution in [0.15, 0.2) is 77.3 Å². The normalized spacial score (nSPS) is 11.8. The first-order valence-electron chi connectivity index (χ1n) is 11.7. The van der Waals surface area contributed by atoms with Crippen LogP contribution in [-0.2, 0) is 16.0 Å². The van der Waals surface area contributed by atoms with E-state index >= 15 is 0 Å². The van der Waals surface area contributed by atoms with Gasteiger partial charge in [-0.1, -0.05) is 30.3 Å². The van der Waals surface area contributed by atoms with Crippen LogP contribution in [0.1, 0.15) is 36.9 Å². The molecule has 4 aromatic rings. The number of pyridine rings is 1. The van der Waals surface area contributed by atoms with Crippen molar-refractivity contribution in [3.05, 3.63) is 89.9 Å². The van der Waals surface area contributed by atoms with Crippen LogP contribution in [-0.4, -0.2) is 28.6 Å². The van der Waals surface area contributed by atoms with E-state index in [2.05, 4.69) is 9.97 Å². The summed E-state index contributed by atoms with van der Waals surface area (Å²) in [5, 5.41) is 0. The number of benzene rings is 2. The first kappa shape index (κ1) is 24.9. The molecule has 0 saturated carbocycles. The summed E-state index contributed by atoms with van der Waals surface area (Å²) in [6.07, 6.45) is 1.99. The molecule has 36 heavy (non-hydrogen) atoms. The summed E-state index contributed by atoms with van der Waals surface area (Å²) in [6.45, 7) is 5.82. The van der Waals surface area contributed by atoms with E-state index in [9.17, 15) is 4.79 Å². The lowest BCUT2D eigenvalue weighted by Crippen LogP contribution is -2.26. The standard InChI is InChI=1S/C28H29N3O5/c1-18(2)34-28(32)26(29)20-8-7-11-23(16-20)33-15-14-24-19(3)35-27(31-24)21-12-13-25(30-17-21)36-22-9-5-4-6-10-22/h4-13,16-18,26H,14-15,29H2,1-3H3. The van der Waals surface area contributed by atoms with Crippen LogP contribution in [0.5, 0.6) is 17.4 Å². The highest BCUT2D eigenvalue weighted by Crippen LogP contribution is 2.25. The van der Waals surface area contributed by atoms with Gasteiger partial charge in [-0.3, -0.25) is 0 Å². The number of para-hydroxylation sites is 1. The smallest absolute Gasteiger partial charge is 0.327 e. The Labute approximate surface area is 210 Å². The Morgan fingerprint density at radius 3 is 2.53 bits per heavy atom. The Bertz CT molecular complexity index is 1290. The molecule has 0 fully saturated rings. The molecular formula is C28H29N3O5. The quantitative estimate of drug-likeness (QED) is 0.296. The molecule has 0 aliphatic carbocycles. The molecule has 0 saturated heterocycles. The minimum Gasteiger partial charge on any atom is -0.493 e. The summed E-state index contributed by atoms with van der Waals surface area (Å²) < 4.78 is 22.7. The Hall–Kier alpha value is -4.17. The first-order valence-corrected chi connectivity index (χ1v) is 11.7. The summed E-state index contributed by atoms with van der Waals surface area (Å²) >= 11 is 0. The first-order chi connectivity index (χ1) is 17.4. The number of hydrogen-bond acceptors (Lipinski definition) is 8. The number of carbonyl (C=O) groups is 1. The van der Waals surface area contributed by atoms with Gasteiger partial charge in [0.2, 0.25) is 11.8 Å². The number of hydrogen-bond donors (Lipinski definition) is 1. The van der Waals surface area contributed by atoms with E-state index < -0.39 is 12.0 Å². The highest BCUT2D eigenvalue weighted by atomic mass is 16.5. The molecule has 0 bridgehead atoms. The van der Waals surface area contributed by atoms with Gasteiger partial charge in [0.05, 0.1) is 24.0 Å². The van der Waals surface area contributed by atoms with Crippen LogP contribution in [0, 0.1) is 6.92 Å². The number of aromatic nitrogens is 2. The van der Waals surface area contributed by atoms with Crippen molar-refractivity contribution in [2.45, 2.75) is 39.3 Å².